The van der Waals surface area contributed by atoms with Crippen LogP contribution in [0, 0.1) is 27.7 Å². The van der Waals surface area contributed by atoms with Crippen molar-refractivity contribution in [3.8, 4) is 11.1 Å². The van der Waals surface area contributed by atoms with Crippen molar-refractivity contribution >= 4 is 0 Å². The zero-order chi connectivity index (χ0) is 17.1. The van der Waals surface area contributed by atoms with E-state index in [-0.39, 0.29) is 5.41 Å². The Hall–Kier alpha value is -2.34. The van der Waals surface area contributed by atoms with Gasteiger partial charge in [-0.3, -0.25) is 0 Å². The minimum atomic E-state index is -0.0838. The molecule has 1 aliphatic carbocycles. The monoisotopic (exact) mass is 312 g/mol. The molecule has 0 aliphatic heterocycles. The number of aryl methyl sites for hydroxylation is 4. The van der Waals surface area contributed by atoms with E-state index in [2.05, 4.69) is 89.2 Å². The summed E-state index contributed by atoms with van der Waals surface area (Å²) in [7, 11) is 0. The second-order valence-electron chi connectivity index (χ2n) is 7.60. The van der Waals surface area contributed by atoms with Gasteiger partial charge in [-0.15, -0.1) is 0 Å². The predicted molar refractivity (Wildman–Crippen MR) is 103 cm³/mol. The van der Waals surface area contributed by atoms with E-state index in [1.165, 1.54) is 50.1 Å². The molecule has 0 spiro atoms. The van der Waals surface area contributed by atoms with Gasteiger partial charge < -0.3 is 0 Å². The van der Waals surface area contributed by atoms with Crippen molar-refractivity contribution in [1.29, 1.82) is 0 Å². The summed E-state index contributed by atoms with van der Waals surface area (Å²) in [6.07, 6.45) is 0. The van der Waals surface area contributed by atoms with Gasteiger partial charge in [0.1, 0.15) is 0 Å². The summed E-state index contributed by atoms with van der Waals surface area (Å²) in [5, 5.41) is 0. The van der Waals surface area contributed by atoms with Crippen LogP contribution in [0.25, 0.3) is 11.1 Å². The Morgan fingerprint density at radius 3 is 1.46 bits per heavy atom. The van der Waals surface area contributed by atoms with E-state index >= 15 is 0 Å². The SMILES string of the molecule is Cc1cc(C)cc(C2(C)c3cc(C)ccc3-c3ccc(C)cc32)c1. The summed E-state index contributed by atoms with van der Waals surface area (Å²) >= 11 is 0. The van der Waals surface area contributed by atoms with E-state index in [4.69, 9.17) is 0 Å². The Balaban J connectivity index is 2.11. The van der Waals surface area contributed by atoms with E-state index in [0.717, 1.165) is 0 Å². The van der Waals surface area contributed by atoms with Crippen molar-refractivity contribution in [2.24, 2.45) is 0 Å². The fourth-order valence-corrected chi connectivity index (χ4v) is 4.33. The third kappa shape index (κ3) is 2.06. The minimum absolute atomic E-state index is 0.0838. The van der Waals surface area contributed by atoms with E-state index in [0.29, 0.717) is 0 Å². The van der Waals surface area contributed by atoms with Gasteiger partial charge in [0, 0.05) is 5.41 Å². The van der Waals surface area contributed by atoms with Crippen LogP contribution >= 0.6 is 0 Å². The number of fused-ring (bicyclic) bond motifs is 3. The molecule has 1 aliphatic rings. The number of hydrogen-bond acceptors (Lipinski definition) is 0. The summed E-state index contributed by atoms with van der Waals surface area (Å²) < 4.78 is 0. The molecule has 24 heavy (non-hydrogen) atoms. The van der Waals surface area contributed by atoms with Gasteiger partial charge in [0.2, 0.25) is 0 Å². The van der Waals surface area contributed by atoms with Crippen LogP contribution in [0.3, 0.4) is 0 Å². The summed E-state index contributed by atoms with van der Waals surface area (Å²) in [5.74, 6) is 0. The lowest BCUT2D eigenvalue weighted by Crippen LogP contribution is -2.23. The fraction of sp³-hybridized carbons (Fsp3) is 0.250. The highest BCUT2D eigenvalue weighted by molar-refractivity contribution is 5.83. The molecule has 0 bridgehead atoms. The maximum atomic E-state index is 2.39. The molecule has 0 atom stereocenters. The van der Waals surface area contributed by atoms with Crippen LogP contribution in [-0.4, -0.2) is 0 Å². The van der Waals surface area contributed by atoms with E-state index in [1.807, 2.05) is 0 Å². The first-order chi connectivity index (χ1) is 11.4. The molecule has 0 aromatic heterocycles. The molecule has 3 aromatic rings. The Morgan fingerprint density at radius 1 is 0.542 bits per heavy atom. The van der Waals surface area contributed by atoms with Gasteiger partial charge in [-0.2, -0.15) is 0 Å². The van der Waals surface area contributed by atoms with Gasteiger partial charge >= 0.3 is 0 Å². The smallest absolute Gasteiger partial charge is 0.0435 e. The largest absolute Gasteiger partial charge is 0.0587 e. The molecule has 0 amide bonds. The Labute approximate surface area is 145 Å². The normalized spacial score (nSPS) is 14.4. The van der Waals surface area contributed by atoms with Gasteiger partial charge in [-0.05, 0) is 62.4 Å². The minimum Gasteiger partial charge on any atom is -0.0587 e. The molecule has 0 saturated heterocycles. The zero-order valence-electron chi connectivity index (χ0n) is 15.2. The molecule has 0 nitrogen and oxygen atoms in total. The lowest BCUT2D eigenvalue weighted by atomic mass is 9.73. The highest BCUT2D eigenvalue weighted by atomic mass is 14.4. The molecule has 0 heteroatoms. The quantitative estimate of drug-likeness (QED) is 0.498. The zero-order valence-corrected chi connectivity index (χ0v) is 15.2. The lowest BCUT2D eigenvalue weighted by molar-refractivity contribution is 0.710. The van der Waals surface area contributed by atoms with Crippen LogP contribution in [0.15, 0.2) is 54.6 Å². The molecular formula is C24H24. The van der Waals surface area contributed by atoms with Gasteiger partial charge in [0.15, 0.2) is 0 Å². The van der Waals surface area contributed by atoms with Crippen LogP contribution in [0.1, 0.15) is 45.9 Å². The molecule has 3 aromatic carbocycles. The predicted octanol–water partition coefficient (Wildman–Crippen LogP) is 6.25. The summed E-state index contributed by atoms with van der Waals surface area (Å²) in [4.78, 5) is 0. The van der Waals surface area contributed by atoms with Gasteiger partial charge in [-0.1, -0.05) is 76.9 Å². The van der Waals surface area contributed by atoms with Gasteiger partial charge in [0.05, 0.1) is 0 Å². The number of hydrogen-bond donors (Lipinski definition) is 0. The molecule has 120 valence electrons. The first-order valence-electron chi connectivity index (χ1n) is 8.71. The van der Waals surface area contributed by atoms with Crippen molar-refractivity contribution in [2.45, 2.75) is 40.0 Å². The van der Waals surface area contributed by atoms with Crippen molar-refractivity contribution in [3.05, 3.63) is 93.5 Å². The van der Waals surface area contributed by atoms with Crippen molar-refractivity contribution in [2.75, 3.05) is 0 Å². The second kappa shape index (κ2) is 5.08. The molecule has 0 heterocycles. The van der Waals surface area contributed by atoms with Gasteiger partial charge in [0.25, 0.3) is 0 Å². The van der Waals surface area contributed by atoms with E-state index < -0.39 is 0 Å². The summed E-state index contributed by atoms with van der Waals surface area (Å²) in [6, 6.07) is 20.8. The first-order valence-corrected chi connectivity index (χ1v) is 8.71. The maximum absolute atomic E-state index is 2.39. The molecule has 0 fully saturated rings. The Bertz CT molecular complexity index is 888. The van der Waals surface area contributed by atoms with E-state index in [1.54, 1.807) is 0 Å². The molecule has 0 radical (unpaired) electrons. The topological polar surface area (TPSA) is 0 Å². The van der Waals surface area contributed by atoms with Gasteiger partial charge in [-0.25, -0.2) is 0 Å². The maximum Gasteiger partial charge on any atom is 0.0435 e. The highest BCUT2D eigenvalue weighted by Gasteiger charge is 2.40. The third-order valence-corrected chi connectivity index (χ3v) is 5.52. The highest BCUT2D eigenvalue weighted by Crippen LogP contribution is 2.52. The van der Waals surface area contributed by atoms with Crippen molar-refractivity contribution in [1.82, 2.24) is 0 Å². The van der Waals surface area contributed by atoms with E-state index in [9.17, 15) is 0 Å². The van der Waals surface area contributed by atoms with Crippen molar-refractivity contribution in [3.63, 3.8) is 0 Å². The van der Waals surface area contributed by atoms with Crippen LogP contribution < -0.4 is 0 Å². The number of benzene rings is 3. The summed E-state index contributed by atoms with van der Waals surface area (Å²) in [6.45, 7) is 11.2. The van der Waals surface area contributed by atoms with Crippen LogP contribution in [0.2, 0.25) is 0 Å². The van der Waals surface area contributed by atoms with Crippen LogP contribution in [-0.2, 0) is 5.41 Å². The molecule has 0 unspecified atom stereocenters. The molecule has 4 rings (SSSR count). The third-order valence-electron chi connectivity index (χ3n) is 5.52. The summed E-state index contributed by atoms with van der Waals surface area (Å²) in [5.41, 5.74) is 12.3. The standard InChI is InChI=1S/C24H24/c1-15-6-8-20-21-9-7-16(2)14-23(21)24(5,22(20)13-15)19-11-17(3)10-18(4)12-19/h6-14H,1-5H3. The van der Waals surface area contributed by atoms with Crippen LogP contribution in [0.4, 0.5) is 0 Å². The molecular weight excluding hydrogens is 288 g/mol. The average Bonchev–Trinajstić information content (AvgIpc) is 2.76. The number of rotatable bonds is 1. The van der Waals surface area contributed by atoms with Crippen molar-refractivity contribution < 1.29 is 0 Å². The lowest BCUT2D eigenvalue weighted by Gasteiger charge is -2.29. The fourth-order valence-electron chi connectivity index (χ4n) is 4.33. The first kappa shape index (κ1) is 15.2. The second-order valence-corrected chi connectivity index (χ2v) is 7.60. The molecule has 0 saturated carbocycles. The Kier molecular flexibility index (Phi) is 3.22. The molecule has 0 N–H and O–H groups in total. The Morgan fingerprint density at radius 2 is 1.00 bits per heavy atom. The average molecular weight is 312 g/mol. The van der Waals surface area contributed by atoms with Crippen LogP contribution in [0.5, 0.6) is 0 Å².